The summed E-state index contributed by atoms with van der Waals surface area (Å²) in [7, 11) is 0. The molecule has 2 heterocycles. The van der Waals surface area contributed by atoms with Crippen LogP contribution in [0.15, 0.2) is 27.2 Å². The molecule has 5 nitrogen and oxygen atoms in total. The van der Waals surface area contributed by atoms with Crippen molar-refractivity contribution in [2.24, 2.45) is 0 Å². The van der Waals surface area contributed by atoms with E-state index in [2.05, 4.69) is 26.4 Å². The van der Waals surface area contributed by atoms with Gasteiger partial charge in [-0.3, -0.25) is 4.79 Å². The first-order valence-electron chi connectivity index (χ1n) is 5.90. The van der Waals surface area contributed by atoms with Crippen molar-refractivity contribution >= 4 is 21.8 Å². The van der Waals surface area contributed by atoms with Crippen molar-refractivity contribution < 1.29 is 18.4 Å². The predicted octanol–water partition coefficient (Wildman–Crippen LogP) is 2.75. The van der Waals surface area contributed by atoms with Crippen molar-refractivity contribution in [3.05, 3.63) is 45.5 Å². The molecule has 1 aromatic heterocycles. The molecule has 3 rings (SSSR count). The van der Waals surface area contributed by atoms with Gasteiger partial charge >= 0.3 is 0 Å². The molecular weight excluding hydrogens is 331 g/mol. The van der Waals surface area contributed by atoms with E-state index in [1.54, 1.807) is 19.1 Å². The molecule has 1 atom stereocenters. The van der Waals surface area contributed by atoms with Crippen LogP contribution < -0.4 is 10.1 Å². The highest BCUT2D eigenvalue weighted by Crippen LogP contribution is 2.36. The number of aryl methyl sites for hydroxylation is 1. The van der Waals surface area contributed by atoms with Gasteiger partial charge in [-0.2, -0.15) is 0 Å². The van der Waals surface area contributed by atoms with Crippen LogP contribution in [0.2, 0.25) is 0 Å². The fourth-order valence-electron chi connectivity index (χ4n) is 2.02. The Morgan fingerprint density at radius 1 is 1.50 bits per heavy atom. The van der Waals surface area contributed by atoms with Gasteiger partial charge in [0.05, 0.1) is 16.2 Å². The molecule has 1 aliphatic heterocycles. The van der Waals surface area contributed by atoms with Gasteiger partial charge in [0, 0.05) is 17.7 Å². The van der Waals surface area contributed by atoms with Crippen LogP contribution in [-0.2, 0) is 0 Å². The third kappa shape index (κ3) is 2.29. The molecule has 0 radical (unpaired) electrons. The van der Waals surface area contributed by atoms with Gasteiger partial charge in [-0.1, -0.05) is 5.16 Å². The third-order valence-corrected chi connectivity index (χ3v) is 3.60. The summed E-state index contributed by atoms with van der Waals surface area (Å²) in [4.78, 5) is 12.0. The quantitative estimate of drug-likeness (QED) is 0.912. The van der Waals surface area contributed by atoms with Crippen molar-refractivity contribution in [3.8, 4) is 5.75 Å². The summed E-state index contributed by atoms with van der Waals surface area (Å²) in [5, 5.41) is 6.43. The number of nitrogens with zero attached hydrogens (tertiary/aromatic N) is 1. The number of benzene rings is 1. The average molecular weight is 341 g/mol. The van der Waals surface area contributed by atoms with Crippen LogP contribution in [0.25, 0.3) is 0 Å². The molecule has 0 fully saturated rings. The summed E-state index contributed by atoms with van der Waals surface area (Å²) in [6.45, 7) is 1.98. The molecular formula is C13H10BrFN2O3. The number of carbonyl (C=O) groups excluding carboxylic acids is 1. The van der Waals surface area contributed by atoms with E-state index in [0.29, 0.717) is 15.9 Å². The van der Waals surface area contributed by atoms with Crippen LogP contribution in [-0.4, -0.2) is 17.7 Å². The van der Waals surface area contributed by atoms with Crippen molar-refractivity contribution in [3.63, 3.8) is 0 Å². The highest BCUT2D eigenvalue weighted by Gasteiger charge is 2.28. The molecule has 0 saturated heterocycles. The zero-order chi connectivity index (χ0) is 14.3. The average Bonchev–Trinajstić information content (AvgIpc) is 2.98. The molecule has 1 aliphatic rings. The molecule has 0 aliphatic carbocycles. The Morgan fingerprint density at radius 3 is 3.00 bits per heavy atom. The van der Waals surface area contributed by atoms with E-state index in [4.69, 9.17) is 9.26 Å². The predicted molar refractivity (Wildman–Crippen MR) is 71.0 cm³/mol. The second kappa shape index (κ2) is 4.90. The van der Waals surface area contributed by atoms with Crippen LogP contribution in [0.1, 0.15) is 27.9 Å². The van der Waals surface area contributed by atoms with Gasteiger partial charge in [-0.25, -0.2) is 4.39 Å². The maximum Gasteiger partial charge on any atom is 0.290 e. The van der Waals surface area contributed by atoms with Crippen molar-refractivity contribution in [1.29, 1.82) is 0 Å². The Morgan fingerprint density at radius 2 is 2.30 bits per heavy atom. The summed E-state index contributed by atoms with van der Waals surface area (Å²) < 4.78 is 24.0. The fourth-order valence-corrected chi connectivity index (χ4v) is 2.38. The molecule has 0 saturated carbocycles. The first-order valence-corrected chi connectivity index (χ1v) is 6.70. The Labute approximate surface area is 122 Å². The molecule has 7 heteroatoms. The normalized spacial score (nSPS) is 16.6. The first-order chi connectivity index (χ1) is 9.54. The van der Waals surface area contributed by atoms with E-state index in [-0.39, 0.29) is 24.3 Å². The fraction of sp³-hybridized carbons (Fsp3) is 0.231. The summed E-state index contributed by atoms with van der Waals surface area (Å²) in [6, 6.07) is 4.10. The lowest BCUT2D eigenvalue weighted by atomic mass is 10.1. The van der Waals surface area contributed by atoms with Gasteiger partial charge in [0.1, 0.15) is 18.2 Å². The standard InChI is InChI=1S/C13H10BrFN2O3/c1-6-2-12(20-17-6)13(18)16-10-5-19-11-4-9(15)8(14)3-7(10)11/h2-4,10H,5H2,1H3,(H,16,18)/t10-/m1/s1. The highest BCUT2D eigenvalue weighted by molar-refractivity contribution is 9.10. The van der Waals surface area contributed by atoms with E-state index in [1.807, 2.05) is 0 Å². The maximum atomic E-state index is 13.4. The van der Waals surface area contributed by atoms with Gasteiger partial charge in [0.25, 0.3) is 5.91 Å². The minimum absolute atomic E-state index is 0.136. The van der Waals surface area contributed by atoms with E-state index < -0.39 is 5.82 Å². The Balaban J connectivity index is 1.81. The largest absolute Gasteiger partial charge is 0.491 e. The number of hydrogen-bond donors (Lipinski definition) is 1. The number of rotatable bonds is 2. The minimum atomic E-state index is -0.401. The van der Waals surface area contributed by atoms with E-state index in [0.717, 1.165) is 5.56 Å². The summed E-state index contributed by atoms with van der Waals surface area (Å²) in [6.07, 6.45) is 0. The molecule has 1 N–H and O–H groups in total. The molecule has 0 spiro atoms. The van der Waals surface area contributed by atoms with Crippen LogP contribution in [0.3, 0.4) is 0 Å². The second-order valence-electron chi connectivity index (χ2n) is 4.47. The van der Waals surface area contributed by atoms with Crippen LogP contribution >= 0.6 is 15.9 Å². The Kier molecular flexibility index (Phi) is 3.21. The summed E-state index contributed by atoms with van der Waals surface area (Å²) >= 11 is 3.12. The van der Waals surface area contributed by atoms with Gasteiger partial charge in [0.2, 0.25) is 5.76 Å². The van der Waals surface area contributed by atoms with Crippen LogP contribution in [0.5, 0.6) is 5.75 Å². The molecule has 0 unspecified atom stereocenters. The van der Waals surface area contributed by atoms with Gasteiger partial charge in [-0.05, 0) is 28.9 Å². The van der Waals surface area contributed by atoms with Crippen LogP contribution in [0, 0.1) is 12.7 Å². The van der Waals surface area contributed by atoms with Crippen molar-refractivity contribution in [2.45, 2.75) is 13.0 Å². The molecule has 1 amide bonds. The van der Waals surface area contributed by atoms with Crippen molar-refractivity contribution in [2.75, 3.05) is 6.61 Å². The molecule has 104 valence electrons. The summed E-state index contributed by atoms with van der Waals surface area (Å²) in [5.41, 5.74) is 1.35. The number of ether oxygens (including phenoxy) is 1. The number of aromatic nitrogens is 1. The number of halogens is 2. The maximum absolute atomic E-state index is 13.4. The van der Waals surface area contributed by atoms with E-state index in [9.17, 15) is 9.18 Å². The van der Waals surface area contributed by atoms with Gasteiger partial charge in [-0.15, -0.1) is 0 Å². The lowest BCUT2D eigenvalue weighted by Gasteiger charge is -2.10. The van der Waals surface area contributed by atoms with Gasteiger partial charge < -0.3 is 14.6 Å². The van der Waals surface area contributed by atoms with E-state index >= 15 is 0 Å². The minimum Gasteiger partial charge on any atom is -0.491 e. The molecule has 20 heavy (non-hydrogen) atoms. The van der Waals surface area contributed by atoms with Crippen molar-refractivity contribution in [1.82, 2.24) is 10.5 Å². The zero-order valence-corrected chi connectivity index (χ0v) is 12.0. The van der Waals surface area contributed by atoms with E-state index in [1.165, 1.54) is 6.07 Å². The second-order valence-corrected chi connectivity index (χ2v) is 5.33. The monoisotopic (exact) mass is 340 g/mol. The number of nitrogens with one attached hydrogen (secondary N) is 1. The number of hydrogen-bond acceptors (Lipinski definition) is 4. The lowest BCUT2D eigenvalue weighted by molar-refractivity contribution is 0.0893. The zero-order valence-electron chi connectivity index (χ0n) is 10.4. The number of carbonyl (C=O) groups is 1. The Bertz CT molecular complexity index is 686. The Hall–Kier alpha value is -1.89. The summed E-state index contributed by atoms with van der Waals surface area (Å²) in [5.74, 6) is -0.212. The molecule has 0 bridgehead atoms. The smallest absolute Gasteiger partial charge is 0.290 e. The SMILES string of the molecule is Cc1cc(C(=O)N[C@@H]2COc3cc(F)c(Br)cc32)on1. The van der Waals surface area contributed by atoms with Crippen LogP contribution in [0.4, 0.5) is 4.39 Å². The molecule has 2 aromatic rings. The number of amides is 1. The van der Waals surface area contributed by atoms with Gasteiger partial charge in [0.15, 0.2) is 0 Å². The number of fused-ring (bicyclic) bond motifs is 1. The molecule has 1 aromatic carbocycles. The topological polar surface area (TPSA) is 64.4 Å². The third-order valence-electron chi connectivity index (χ3n) is 2.99. The highest BCUT2D eigenvalue weighted by atomic mass is 79.9. The lowest BCUT2D eigenvalue weighted by Crippen LogP contribution is -2.29. The first kappa shape index (κ1) is 13.1.